The fourth-order valence-electron chi connectivity index (χ4n) is 4.15. The van der Waals surface area contributed by atoms with Gasteiger partial charge in [0.1, 0.15) is 5.82 Å². The maximum atomic E-state index is 4.87. The van der Waals surface area contributed by atoms with Gasteiger partial charge in [0.15, 0.2) is 0 Å². The average molecular weight is 431 g/mol. The number of benzene rings is 2. The highest BCUT2D eigenvalue weighted by Crippen LogP contribution is 2.28. The summed E-state index contributed by atoms with van der Waals surface area (Å²) in [5.74, 6) is 1.11. The molecule has 6 nitrogen and oxygen atoms in total. The Bertz CT molecular complexity index is 1290. The zero-order chi connectivity index (χ0) is 21.2. The van der Waals surface area contributed by atoms with E-state index in [0.717, 1.165) is 40.7 Å². The van der Waals surface area contributed by atoms with E-state index in [1.807, 2.05) is 32.3 Å². The fourth-order valence-corrected chi connectivity index (χ4v) is 5.13. The van der Waals surface area contributed by atoms with Gasteiger partial charge in [-0.1, -0.05) is 41.7 Å². The number of aryl methyl sites for hydroxylation is 2. The predicted molar refractivity (Wildman–Crippen MR) is 128 cm³/mol. The summed E-state index contributed by atoms with van der Waals surface area (Å²) in [4.78, 5) is 3.32. The van der Waals surface area contributed by atoms with Crippen molar-refractivity contribution in [1.82, 2.24) is 14.3 Å². The summed E-state index contributed by atoms with van der Waals surface area (Å²) in [5, 5.41) is 13.9. The van der Waals surface area contributed by atoms with Crippen LogP contribution in [0.3, 0.4) is 0 Å². The largest absolute Gasteiger partial charge is 0.356 e. The molecular formula is C24H26N6S. The first kappa shape index (κ1) is 19.8. The Kier molecular flexibility index (Phi) is 5.42. The van der Waals surface area contributed by atoms with Gasteiger partial charge < -0.3 is 9.47 Å². The maximum absolute atomic E-state index is 4.87. The first-order valence-electron chi connectivity index (χ1n) is 10.7. The molecule has 3 heterocycles. The van der Waals surface area contributed by atoms with Crippen LogP contribution in [-0.2, 0) is 7.05 Å². The highest BCUT2D eigenvalue weighted by atomic mass is 32.1. The first-order valence-corrected chi connectivity index (χ1v) is 11.6. The third-order valence-electron chi connectivity index (χ3n) is 5.78. The molecule has 5 rings (SSSR count). The van der Waals surface area contributed by atoms with Gasteiger partial charge in [-0.15, -0.1) is 5.10 Å². The lowest BCUT2D eigenvalue weighted by Crippen LogP contribution is -2.32. The minimum Gasteiger partial charge on any atom is -0.356 e. The lowest BCUT2D eigenvalue weighted by Gasteiger charge is -2.29. The van der Waals surface area contributed by atoms with Gasteiger partial charge in [-0.2, -0.15) is 10.2 Å². The molecule has 31 heavy (non-hydrogen) atoms. The van der Waals surface area contributed by atoms with Crippen LogP contribution in [0.1, 0.15) is 30.5 Å². The van der Waals surface area contributed by atoms with Crippen molar-refractivity contribution < 1.29 is 0 Å². The van der Waals surface area contributed by atoms with Gasteiger partial charge in [-0.25, -0.2) is 4.68 Å². The Hall–Kier alpha value is -3.19. The van der Waals surface area contributed by atoms with Crippen LogP contribution >= 0.6 is 11.3 Å². The van der Waals surface area contributed by atoms with E-state index in [9.17, 15) is 0 Å². The number of anilines is 1. The van der Waals surface area contributed by atoms with E-state index in [1.54, 1.807) is 11.3 Å². The molecule has 1 aliphatic heterocycles. The normalized spacial score (nSPS) is 15.4. The number of piperidine rings is 1. The van der Waals surface area contributed by atoms with Crippen molar-refractivity contribution in [2.45, 2.75) is 26.2 Å². The molecule has 0 unspecified atom stereocenters. The van der Waals surface area contributed by atoms with E-state index in [0.29, 0.717) is 0 Å². The number of hydrogen-bond donors (Lipinski definition) is 0. The first-order chi connectivity index (χ1) is 15.2. The molecule has 1 fully saturated rings. The van der Waals surface area contributed by atoms with E-state index in [-0.39, 0.29) is 0 Å². The molecule has 0 aliphatic carbocycles. The molecule has 0 saturated carbocycles. The molecular weight excluding hydrogens is 404 g/mol. The second-order valence-corrected chi connectivity index (χ2v) is 8.88. The standard InChI is InChI=1S/C24H26N6S/c1-18-20(17-25-26-24-28(2)21-13-7-8-14-22(21)31-24)23(29-15-9-4-10-16-29)30(27-18)19-11-5-3-6-12-19/h3,5-8,11-14,17H,4,9-10,15-16H2,1-2H3/b25-17+,26-24+. The van der Waals surface area contributed by atoms with Crippen molar-refractivity contribution in [3.8, 4) is 5.69 Å². The van der Waals surface area contributed by atoms with E-state index < -0.39 is 0 Å². The molecule has 2 aromatic heterocycles. The summed E-state index contributed by atoms with van der Waals surface area (Å²) < 4.78 is 5.35. The molecule has 0 atom stereocenters. The molecule has 2 aromatic carbocycles. The zero-order valence-corrected chi connectivity index (χ0v) is 18.7. The number of para-hydroxylation sites is 2. The van der Waals surface area contributed by atoms with Gasteiger partial charge >= 0.3 is 0 Å². The second-order valence-electron chi connectivity index (χ2n) is 7.87. The van der Waals surface area contributed by atoms with Crippen LogP contribution in [0.15, 0.2) is 64.8 Å². The summed E-state index contributed by atoms with van der Waals surface area (Å²) in [7, 11) is 2.03. The number of nitrogens with zero attached hydrogens (tertiary/aromatic N) is 6. The fraction of sp³-hybridized carbons (Fsp3) is 0.292. The molecule has 0 amide bonds. The number of thiazole rings is 1. The Labute approximate surface area is 185 Å². The van der Waals surface area contributed by atoms with Gasteiger partial charge in [-0.3, -0.25) is 0 Å². The molecule has 0 radical (unpaired) electrons. The molecule has 1 aliphatic rings. The summed E-state index contributed by atoms with van der Waals surface area (Å²) in [6.45, 7) is 4.14. The van der Waals surface area contributed by atoms with Crippen LogP contribution in [0.4, 0.5) is 5.82 Å². The molecule has 0 spiro atoms. The summed E-state index contributed by atoms with van der Waals surface area (Å²) in [5.41, 5.74) is 4.24. The minimum absolute atomic E-state index is 0.880. The van der Waals surface area contributed by atoms with E-state index >= 15 is 0 Å². The third kappa shape index (κ3) is 3.81. The summed E-state index contributed by atoms with van der Waals surface area (Å²) in [6.07, 6.45) is 5.57. The maximum Gasteiger partial charge on any atom is 0.211 e. The van der Waals surface area contributed by atoms with Gasteiger partial charge in [-0.05, 0) is 50.5 Å². The average Bonchev–Trinajstić information content (AvgIpc) is 3.32. The van der Waals surface area contributed by atoms with Crippen LogP contribution in [0.25, 0.3) is 15.9 Å². The number of hydrogen-bond acceptors (Lipinski definition) is 5. The van der Waals surface area contributed by atoms with Crippen LogP contribution in [0.2, 0.25) is 0 Å². The molecule has 7 heteroatoms. The van der Waals surface area contributed by atoms with Gasteiger partial charge in [0.25, 0.3) is 0 Å². The predicted octanol–water partition coefficient (Wildman–Crippen LogP) is 4.66. The Balaban J connectivity index is 1.58. The Morgan fingerprint density at radius 3 is 2.48 bits per heavy atom. The Morgan fingerprint density at radius 2 is 1.71 bits per heavy atom. The number of aromatic nitrogens is 3. The second kappa shape index (κ2) is 8.51. The monoisotopic (exact) mass is 430 g/mol. The third-order valence-corrected chi connectivity index (χ3v) is 6.89. The van der Waals surface area contributed by atoms with Crippen molar-refractivity contribution in [3.63, 3.8) is 0 Å². The zero-order valence-electron chi connectivity index (χ0n) is 17.9. The van der Waals surface area contributed by atoms with E-state index in [1.165, 1.54) is 29.5 Å². The highest BCUT2D eigenvalue weighted by molar-refractivity contribution is 7.16. The SMILES string of the molecule is Cc1nn(-c2ccccc2)c(N2CCCCC2)c1/C=N/N=c1/sc2ccccc2n1C. The van der Waals surface area contributed by atoms with Crippen molar-refractivity contribution in [3.05, 3.63) is 70.7 Å². The summed E-state index contributed by atoms with van der Waals surface area (Å²) in [6, 6.07) is 18.7. The summed E-state index contributed by atoms with van der Waals surface area (Å²) >= 11 is 1.65. The lowest BCUT2D eigenvalue weighted by atomic mass is 10.1. The van der Waals surface area contributed by atoms with Gasteiger partial charge in [0.05, 0.1) is 33.4 Å². The van der Waals surface area contributed by atoms with E-state index in [4.69, 9.17) is 5.10 Å². The van der Waals surface area contributed by atoms with Crippen LogP contribution < -0.4 is 9.70 Å². The van der Waals surface area contributed by atoms with Crippen molar-refractivity contribution in [2.24, 2.45) is 17.3 Å². The number of fused-ring (bicyclic) bond motifs is 1. The van der Waals surface area contributed by atoms with Crippen molar-refractivity contribution in [1.29, 1.82) is 0 Å². The van der Waals surface area contributed by atoms with Crippen molar-refractivity contribution >= 4 is 33.6 Å². The van der Waals surface area contributed by atoms with Crippen LogP contribution in [0.5, 0.6) is 0 Å². The van der Waals surface area contributed by atoms with Crippen molar-refractivity contribution in [2.75, 3.05) is 18.0 Å². The Morgan fingerprint density at radius 1 is 0.968 bits per heavy atom. The quantitative estimate of drug-likeness (QED) is 0.349. The molecule has 4 aromatic rings. The molecule has 0 bridgehead atoms. The molecule has 0 N–H and O–H groups in total. The van der Waals surface area contributed by atoms with Crippen LogP contribution in [0, 0.1) is 6.92 Å². The molecule has 158 valence electrons. The highest BCUT2D eigenvalue weighted by Gasteiger charge is 2.22. The van der Waals surface area contributed by atoms with E-state index in [2.05, 4.69) is 66.8 Å². The van der Waals surface area contributed by atoms with Crippen LogP contribution in [-0.4, -0.2) is 33.7 Å². The molecule has 1 saturated heterocycles. The lowest BCUT2D eigenvalue weighted by molar-refractivity contribution is 0.567. The number of rotatable bonds is 4. The van der Waals surface area contributed by atoms with Gasteiger partial charge in [0.2, 0.25) is 4.80 Å². The smallest absolute Gasteiger partial charge is 0.211 e. The minimum atomic E-state index is 0.880. The van der Waals surface area contributed by atoms with Gasteiger partial charge in [0, 0.05) is 20.1 Å². The topological polar surface area (TPSA) is 50.7 Å².